The van der Waals surface area contributed by atoms with Crippen LogP contribution in [0.1, 0.15) is 25.0 Å². The summed E-state index contributed by atoms with van der Waals surface area (Å²) in [6.45, 7) is 5.49. The molecule has 0 spiro atoms. The predicted octanol–water partition coefficient (Wildman–Crippen LogP) is 3.82. The van der Waals surface area contributed by atoms with Crippen molar-refractivity contribution in [3.05, 3.63) is 90.0 Å². The standard InChI is InChI=1S/C30H38N2O6S/c1-22(2)19-32(39(35,36)26-16-14-25(37-4)15-17-26)20-28(33)27(18-24-11-6-5-7-12-24)31-30(34)21-38-29-13-9-8-10-23(29)3/h5-17,22,27-28,33H,18-21H2,1-4H3,(H,31,34). The van der Waals surface area contributed by atoms with Crippen molar-refractivity contribution in [3.8, 4) is 11.5 Å². The molecule has 2 atom stereocenters. The molecule has 1 amide bonds. The summed E-state index contributed by atoms with van der Waals surface area (Å²) >= 11 is 0. The molecule has 0 aromatic heterocycles. The van der Waals surface area contributed by atoms with Gasteiger partial charge in [-0.05, 0) is 60.7 Å². The molecule has 3 aromatic carbocycles. The number of carbonyl (C=O) groups is 1. The van der Waals surface area contributed by atoms with Gasteiger partial charge in [0.1, 0.15) is 11.5 Å². The van der Waals surface area contributed by atoms with E-state index >= 15 is 0 Å². The third kappa shape index (κ3) is 8.81. The quantitative estimate of drug-likeness (QED) is 0.314. The van der Waals surface area contributed by atoms with Crippen molar-refractivity contribution in [2.75, 3.05) is 26.8 Å². The molecule has 8 nitrogen and oxygen atoms in total. The topological polar surface area (TPSA) is 105 Å². The molecule has 0 aliphatic carbocycles. The van der Waals surface area contributed by atoms with E-state index in [4.69, 9.17) is 9.47 Å². The number of carbonyl (C=O) groups excluding carboxylic acids is 1. The van der Waals surface area contributed by atoms with Gasteiger partial charge in [-0.3, -0.25) is 4.79 Å². The average Bonchev–Trinajstić information content (AvgIpc) is 2.92. The molecule has 0 aliphatic rings. The Morgan fingerprint density at radius 3 is 2.21 bits per heavy atom. The molecule has 9 heteroatoms. The molecular weight excluding hydrogens is 516 g/mol. The minimum atomic E-state index is -3.92. The first kappa shape index (κ1) is 30.1. The first-order valence-electron chi connectivity index (χ1n) is 12.9. The van der Waals surface area contributed by atoms with Gasteiger partial charge in [-0.15, -0.1) is 0 Å². The Kier molecular flexibility index (Phi) is 10.9. The number of hydrogen-bond donors (Lipinski definition) is 2. The lowest BCUT2D eigenvalue weighted by atomic mass is 10.0. The Hall–Kier alpha value is -3.40. The van der Waals surface area contributed by atoms with Crippen LogP contribution in [-0.2, 0) is 21.2 Å². The van der Waals surface area contributed by atoms with E-state index < -0.39 is 28.1 Å². The van der Waals surface area contributed by atoms with E-state index in [9.17, 15) is 18.3 Å². The molecule has 0 aliphatic heterocycles. The first-order chi connectivity index (χ1) is 18.6. The third-order valence-corrected chi connectivity index (χ3v) is 8.06. The lowest BCUT2D eigenvalue weighted by molar-refractivity contribution is -0.124. The molecule has 2 unspecified atom stereocenters. The van der Waals surface area contributed by atoms with Gasteiger partial charge in [0.25, 0.3) is 5.91 Å². The maximum absolute atomic E-state index is 13.6. The first-order valence-corrected chi connectivity index (χ1v) is 14.4. The van der Waals surface area contributed by atoms with Gasteiger partial charge in [-0.2, -0.15) is 4.31 Å². The fraction of sp³-hybridized carbons (Fsp3) is 0.367. The highest BCUT2D eigenvalue weighted by Gasteiger charge is 2.31. The summed E-state index contributed by atoms with van der Waals surface area (Å²) in [7, 11) is -2.41. The summed E-state index contributed by atoms with van der Waals surface area (Å²) < 4.78 is 39.2. The van der Waals surface area contributed by atoms with Gasteiger partial charge in [0.15, 0.2) is 6.61 Å². The number of rotatable bonds is 14. The number of nitrogens with one attached hydrogen (secondary N) is 1. The van der Waals surface area contributed by atoms with Gasteiger partial charge in [-0.25, -0.2) is 8.42 Å². The Morgan fingerprint density at radius 2 is 1.59 bits per heavy atom. The lowest BCUT2D eigenvalue weighted by Gasteiger charge is -2.30. The third-order valence-electron chi connectivity index (χ3n) is 6.22. The molecule has 0 heterocycles. The van der Waals surface area contributed by atoms with Crippen LogP contribution in [0.2, 0.25) is 0 Å². The van der Waals surface area contributed by atoms with Gasteiger partial charge >= 0.3 is 0 Å². The molecule has 3 aromatic rings. The van der Waals surface area contributed by atoms with Crippen LogP contribution >= 0.6 is 0 Å². The van der Waals surface area contributed by atoms with Crippen molar-refractivity contribution in [2.24, 2.45) is 5.92 Å². The van der Waals surface area contributed by atoms with E-state index in [1.54, 1.807) is 18.2 Å². The van der Waals surface area contributed by atoms with Crippen molar-refractivity contribution < 1.29 is 27.8 Å². The van der Waals surface area contributed by atoms with Crippen LogP contribution < -0.4 is 14.8 Å². The van der Waals surface area contributed by atoms with Gasteiger partial charge in [0.2, 0.25) is 10.0 Å². The zero-order chi connectivity index (χ0) is 28.4. The molecule has 0 bridgehead atoms. The molecule has 0 fully saturated rings. The van der Waals surface area contributed by atoms with Crippen molar-refractivity contribution >= 4 is 15.9 Å². The minimum Gasteiger partial charge on any atom is -0.497 e. The van der Waals surface area contributed by atoms with Crippen molar-refractivity contribution in [2.45, 2.75) is 44.2 Å². The van der Waals surface area contributed by atoms with Crippen LogP contribution in [0.5, 0.6) is 11.5 Å². The van der Waals surface area contributed by atoms with Crippen LogP contribution in [-0.4, -0.2) is 62.7 Å². The maximum Gasteiger partial charge on any atom is 0.258 e. The van der Waals surface area contributed by atoms with Gasteiger partial charge < -0.3 is 19.9 Å². The smallest absolute Gasteiger partial charge is 0.258 e. The van der Waals surface area contributed by atoms with Crippen LogP contribution in [0.4, 0.5) is 0 Å². The number of sulfonamides is 1. The lowest BCUT2D eigenvalue weighted by Crippen LogP contribution is -2.52. The number of aryl methyl sites for hydroxylation is 1. The van der Waals surface area contributed by atoms with Crippen LogP contribution in [0.25, 0.3) is 0 Å². The fourth-order valence-electron chi connectivity index (χ4n) is 4.17. The summed E-state index contributed by atoms with van der Waals surface area (Å²) in [4.78, 5) is 13.0. The zero-order valence-corrected chi connectivity index (χ0v) is 23.7. The number of methoxy groups -OCH3 is 1. The number of benzene rings is 3. The van der Waals surface area contributed by atoms with Gasteiger partial charge in [0, 0.05) is 13.1 Å². The summed E-state index contributed by atoms with van der Waals surface area (Å²) in [5, 5.41) is 14.2. The highest BCUT2D eigenvalue weighted by molar-refractivity contribution is 7.89. The van der Waals surface area contributed by atoms with Crippen LogP contribution in [0.15, 0.2) is 83.8 Å². The van der Waals surface area contributed by atoms with Gasteiger partial charge in [0.05, 0.1) is 24.2 Å². The van der Waals surface area contributed by atoms with Crippen molar-refractivity contribution in [3.63, 3.8) is 0 Å². The summed E-state index contributed by atoms with van der Waals surface area (Å²) in [5.41, 5.74) is 1.80. The van der Waals surface area contributed by atoms with E-state index in [0.717, 1.165) is 11.1 Å². The van der Waals surface area contributed by atoms with Crippen LogP contribution in [0, 0.1) is 12.8 Å². The van der Waals surface area contributed by atoms with Crippen molar-refractivity contribution in [1.82, 2.24) is 9.62 Å². The number of nitrogens with zero attached hydrogens (tertiary/aromatic N) is 1. The SMILES string of the molecule is COc1ccc(S(=O)(=O)N(CC(C)C)CC(O)C(Cc2ccccc2)NC(=O)COc2ccccc2C)cc1. The second kappa shape index (κ2) is 14.1. The van der Waals surface area contributed by atoms with E-state index in [1.165, 1.54) is 23.5 Å². The molecule has 2 N–H and O–H groups in total. The molecule has 210 valence electrons. The number of para-hydroxylation sites is 1. The molecular formula is C30H38N2O6S. The number of ether oxygens (including phenoxy) is 2. The Labute approximate surface area is 231 Å². The number of amides is 1. The van der Waals surface area contributed by atoms with Crippen LogP contribution in [0.3, 0.4) is 0 Å². The Balaban J connectivity index is 1.80. The van der Waals surface area contributed by atoms with Crippen molar-refractivity contribution in [1.29, 1.82) is 0 Å². The monoisotopic (exact) mass is 554 g/mol. The zero-order valence-electron chi connectivity index (χ0n) is 22.9. The van der Waals surface area contributed by atoms with Gasteiger partial charge in [-0.1, -0.05) is 62.4 Å². The Morgan fingerprint density at radius 1 is 0.949 bits per heavy atom. The molecule has 3 rings (SSSR count). The number of aliphatic hydroxyl groups is 1. The number of hydrogen-bond acceptors (Lipinski definition) is 6. The largest absolute Gasteiger partial charge is 0.497 e. The van der Waals surface area contributed by atoms with E-state index in [-0.39, 0.29) is 30.5 Å². The van der Waals surface area contributed by atoms with E-state index in [2.05, 4.69) is 5.32 Å². The molecule has 0 saturated heterocycles. The normalized spacial score (nSPS) is 13.2. The summed E-state index contributed by atoms with van der Waals surface area (Å²) in [6, 6.07) is 22.2. The predicted molar refractivity (Wildman–Crippen MR) is 151 cm³/mol. The molecule has 0 radical (unpaired) electrons. The number of aliphatic hydroxyl groups excluding tert-OH is 1. The Bertz CT molecular complexity index is 1300. The van der Waals surface area contributed by atoms with E-state index in [0.29, 0.717) is 17.9 Å². The summed E-state index contributed by atoms with van der Waals surface area (Å²) in [6.07, 6.45) is -0.865. The average molecular weight is 555 g/mol. The highest BCUT2D eigenvalue weighted by Crippen LogP contribution is 2.22. The van der Waals surface area contributed by atoms with E-state index in [1.807, 2.05) is 69.3 Å². The molecule has 0 saturated carbocycles. The molecule has 39 heavy (non-hydrogen) atoms. The fourth-order valence-corrected chi connectivity index (χ4v) is 5.79. The second-order valence-electron chi connectivity index (χ2n) is 9.88. The highest BCUT2D eigenvalue weighted by atomic mass is 32.2. The second-order valence-corrected chi connectivity index (χ2v) is 11.8. The maximum atomic E-state index is 13.6. The summed E-state index contributed by atoms with van der Waals surface area (Å²) in [5.74, 6) is 0.742. The minimum absolute atomic E-state index is 0.00917.